The van der Waals surface area contributed by atoms with Gasteiger partial charge < -0.3 is 20.7 Å². The topological polar surface area (TPSA) is 127 Å². The van der Waals surface area contributed by atoms with Crippen LogP contribution >= 0.6 is 0 Å². The first-order valence-electron chi connectivity index (χ1n) is 10.6. The molecule has 7 heteroatoms. The van der Waals surface area contributed by atoms with Crippen molar-refractivity contribution < 1.29 is 29.3 Å². The van der Waals surface area contributed by atoms with Gasteiger partial charge in [-0.1, -0.05) is 19.4 Å². The largest absolute Gasteiger partial charge is 0.442 e. The van der Waals surface area contributed by atoms with Crippen LogP contribution in [-0.2, 0) is 14.3 Å². The molecule has 4 aliphatic carbocycles. The number of fused-ring (bicyclic) bond motifs is 5. The molecule has 0 aromatic heterocycles. The van der Waals surface area contributed by atoms with E-state index in [4.69, 9.17) is 5.73 Å². The Kier molecular flexibility index (Phi) is 4.70. The van der Waals surface area contributed by atoms with Crippen LogP contribution in [0.5, 0.6) is 0 Å². The van der Waals surface area contributed by atoms with Gasteiger partial charge >= 0.3 is 6.09 Å². The summed E-state index contributed by atoms with van der Waals surface area (Å²) in [5.41, 5.74) is 3.49. The molecule has 3 fully saturated rings. The van der Waals surface area contributed by atoms with Gasteiger partial charge in [0.1, 0.15) is 5.60 Å². The number of carbonyl (C=O) groups excluding carboxylic acids is 3. The molecule has 1 amide bonds. The van der Waals surface area contributed by atoms with E-state index in [0.717, 1.165) is 24.8 Å². The number of nitrogens with two attached hydrogens (primary N) is 1. The smallest absolute Gasteiger partial charge is 0.404 e. The summed E-state index contributed by atoms with van der Waals surface area (Å²) in [6.45, 7) is 3.51. The quantitative estimate of drug-likeness (QED) is 0.658. The summed E-state index contributed by atoms with van der Waals surface area (Å²) in [6.07, 6.45) is 4.29. The van der Waals surface area contributed by atoms with Gasteiger partial charge in [0, 0.05) is 11.8 Å². The molecular weight excluding hydrogens is 374 g/mol. The summed E-state index contributed by atoms with van der Waals surface area (Å²) in [4.78, 5) is 35.7. The number of Topliss-reactive ketones (excluding diaryl/α,β-unsaturated/α-hetero) is 1. The zero-order chi connectivity index (χ0) is 21.2. The minimum absolute atomic E-state index is 0.0213. The number of rotatable bonds is 3. The molecule has 0 radical (unpaired) electrons. The number of ether oxygens (including phenoxy) is 1. The predicted molar refractivity (Wildman–Crippen MR) is 104 cm³/mol. The van der Waals surface area contributed by atoms with Crippen molar-refractivity contribution in [3.8, 4) is 0 Å². The Morgan fingerprint density at radius 2 is 1.97 bits per heavy atom. The number of primary amides is 1. The molecule has 3 saturated carbocycles. The molecule has 4 N–H and O–H groups in total. The zero-order valence-corrected chi connectivity index (χ0v) is 17.1. The Morgan fingerprint density at radius 3 is 2.66 bits per heavy atom. The molecule has 0 heterocycles. The van der Waals surface area contributed by atoms with Gasteiger partial charge in [0.15, 0.2) is 12.4 Å². The minimum Gasteiger partial charge on any atom is -0.442 e. The van der Waals surface area contributed by atoms with Crippen LogP contribution < -0.4 is 5.73 Å². The molecule has 4 aliphatic rings. The number of carbonyl (C=O) groups is 3. The molecule has 0 bridgehead atoms. The average Bonchev–Trinajstić information content (AvgIpc) is 2.91. The van der Waals surface area contributed by atoms with Crippen LogP contribution in [0.3, 0.4) is 0 Å². The average molecular weight is 405 g/mol. The molecule has 0 aromatic rings. The highest BCUT2D eigenvalue weighted by Crippen LogP contribution is 2.67. The van der Waals surface area contributed by atoms with Crippen molar-refractivity contribution >= 4 is 17.7 Å². The number of hydrogen-bond acceptors (Lipinski definition) is 6. The fourth-order valence-electron chi connectivity index (χ4n) is 7.41. The van der Waals surface area contributed by atoms with Crippen molar-refractivity contribution in [3.63, 3.8) is 0 Å². The van der Waals surface area contributed by atoms with Gasteiger partial charge in [0.05, 0.1) is 6.10 Å². The Morgan fingerprint density at radius 1 is 1.24 bits per heavy atom. The number of hydrogen-bond donors (Lipinski definition) is 3. The van der Waals surface area contributed by atoms with Gasteiger partial charge in [-0.05, 0) is 67.8 Å². The highest BCUT2D eigenvalue weighted by atomic mass is 16.5. The summed E-state index contributed by atoms with van der Waals surface area (Å²) in [6, 6.07) is 0. The lowest BCUT2D eigenvalue weighted by molar-refractivity contribution is -0.182. The highest BCUT2D eigenvalue weighted by Gasteiger charge is 2.68. The van der Waals surface area contributed by atoms with Gasteiger partial charge in [0.25, 0.3) is 0 Å². The van der Waals surface area contributed by atoms with Gasteiger partial charge in [-0.3, -0.25) is 9.59 Å². The van der Waals surface area contributed by atoms with Crippen molar-refractivity contribution in [1.82, 2.24) is 0 Å². The number of aliphatic hydroxyl groups excluding tert-OH is 1. The van der Waals surface area contributed by atoms with E-state index in [1.165, 1.54) is 0 Å². The van der Waals surface area contributed by atoms with E-state index in [9.17, 15) is 24.6 Å². The predicted octanol–water partition coefficient (Wildman–Crippen LogP) is 1.88. The monoisotopic (exact) mass is 405 g/mol. The third kappa shape index (κ3) is 2.81. The molecule has 160 valence electrons. The van der Waals surface area contributed by atoms with E-state index in [1.54, 1.807) is 6.08 Å². The summed E-state index contributed by atoms with van der Waals surface area (Å²) < 4.78 is 4.66. The maximum absolute atomic E-state index is 12.8. The van der Waals surface area contributed by atoms with Crippen molar-refractivity contribution in [1.29, 1.82) is 0 Å². The van der Waals surface area contributed by atoms with Gasteiger partial charge in [-0.2, -0.15) is 0 Å². The molecule has 4 rings (SSSR count). The lowest BCUT2D eigenvalue weighted by Gasteiger charge is -2.60. The summed E-state index contributed by atoms with van der Waals surface area (Å²) in [5, 5.41) is 22.7. The van der Waals surface area contributed by atoms with E-state index < -0.39 is 35.6 Å². The van der Waals surface area contributed by atoms with E-state index in [2.05, 4.69) is 11.7 Å². The standard InChI is InChI=1S/C22H31NO6/c1-20-7-5-13(24)9-12(20)3-4-14-15-6-8-22(28,17(26)11-29-19(23)27)21(15,2)10-16(25)18(14)20/h9,14-16,18,25,28H,3-8,10-11H2,1-2H3,(H2,23,27)/t14-,15-,16-,18+,20-,21-,22-/m0/s1. The molecule has 7 atom stereocenters. The lowest BCUT2D eigenvalue weighted by atomic mass is 9.45. The Balaban J connectivity index is 1.65. The normalized spacial score (nSPS) is 46.2. The molecule has 0 aromatic carbocycles. The van der Waals surface area contributed by atoms with Crippen molar-refractivity contribution in [2.24, 2.45) is 34.3 Å². The molecule has 0 unspecified atom stereocenters. The number of allylic oxidation sites excluding steroid dienone is 1. The molecule has 0 spiro atoms. The Bertz CT molecular complexity index is 792. The van der Waals surface area contributed by atoms with Crippen molar-refractivity contribution in [3.05, 3.63) is 11.6 Å². The van der Waals surface area contributed by atoms with Crippen LogP contribution in [0.2, 0.25) is 0 Å². The van der Waals surface area contributed by atoms with E-state index >= 15 is 0 Å². The number of aliphatic hydroxyl groups is 2. The third-order valence-electron chi connectivity index (χ3n) is 8.86. The minimum atomic E-state index is -1.64. The van der Waals surface area contributed by atoms with E-state index in [-0.39, 0.29) is 29.0 Å². The highest BCUT2D eigenvalue weighted by molar-refractivity contribution is 5.92. The zero-order valence-electron chi connectivity index (χ0n) is 17.1. The second-order valence-electron chi connectivity index (χ2n) is 10.0. The lowest BCUT2D eigenvalue weighted by Crippen LogP contribution is -2.62. The van der Waals surface area contributed by atoms with Crippen LogP contribution in [0.4, 0.5) is 4.79 Å². The summed E-state index contributed by atoms with van der Waals surface area (Å²) in [7, 11) is 0. The second kappa shape index (κ2) is 6.64. The summed E-state index contributed by atoms with van der Waals surface area (Å²) in [5.74, 6) is -0.0837. The third-order valence-corrected chi connectivity index (χ3v) is 8.86. The number of ketones is 2. The Labute approximate surface area is 170 Å². The fraction of sp³-hybridized carbons (Fsp3) is 0.773. The van der Waals surface area contributed by atoms with E-state index in [1.807, 2.05) is 6.92 Å². The first-order chi connectivity index (χ1) is 13.5. The van der Waals surface area contributed by atoms with Crippen LogP contribution in [0.15, 0.2) is 11.6 Å². The maximum atomic E-state index is 12.8. The van der Waals surface area contributed by atoms with Crippen molar-refractivity contribution in [2.75, 3.05) is 6.61 Å². The molecular formula is C22H31NO6. The van der Waals surface area contributed by atoms with Crippen LogP contribution in [0.1, 0.15) is 58.8 Å². The van der Waals surface area contributed by atoms with Crippen LogP contribution in [-0.4, -0.2) is 46.2 Å². The van der Waals surface area contributed by atoms with Gasteiger partial charge in [0.2, 0.25) is 5.78 Å². The van der Waals surface area contributed by atoms with Crippen molar-refractivity contribution in [2.45, 2.75) is 70.5 Å². The fourth-order valence-corrected chi connectivity index (χ4v) is 7.41. The Hall–Kier alpha value is -1.73. The van der Waals surface area contributed by atoms with Gasteiger partial charge in [-0.25, -0.2) is 4.79 Å². The van der Waals surface area contributed by atoms with E-state index in [0.29, 0.717) is 25.7 Å². The second-order valence-corrected chi connectivity index (χ2v) is 10.0. The van der Waals surface area contributed by atoms with Gasteiger partial charge in [-0.15, -0.1) is 0 Å². The first kappa shape index (κ1) is 20.5. The van der Waals surface area contributed by atoms with Crippen LogP contribution in [0, 0.1) is 28.6 Å². The first-order valence-corrected chi connectivity index (χ1v) is 10.6. The molecule has 7 nitrogen and oxygen atoms in total. The van der Waals surface area contributed by atoms with Crippen LogP contribution in [0.25, 0.3) is 0 Å². The molecule has 0 saturated heterocycles. The molecule has 29 heavy (non-hydrogen) atoms. The SMILES string of the molecule is C[C@]12CCC(=O)C=C1CC[C@@H]1[C@@H]2[C@@H](O)C[C@@]2(C)[C@H]1CC[C@]2(O)C(=O)COC(N)=O. The summed E-state index contributed by atoms with van der Waals surface area (Å²) >= 11 is 0. The number of amides is 1. The molecule has 0 aliphatic heterocycles. The maximum Gasteiger partial charge on any atom is 0.404 e.